The van der Waals surface area contributed by atoms with E-state index in [9.17, 15) is 9.59 Å². The SMILES string of the molecule is Cn1nc(C(=O)NN=C2CCC(c3ccccc3)CC2)c2ccccc2c1=O. The fraction of sp³-hybridized carbons (Fsp3) is 0.273. The van der Waals surface area contributed by atoms with Gasteiger partial charge in [0, 0.05) is 18.1 Å². The normalized spacial score (nSPS) is 16.8. The lowest BCUT2D eigenvalue weighted by molar-refractivity contribution is 0.0949. The monoisotopic (exact) mass is 374 g/mol. The molecule has 3 aromatic rings. The van der Waals surface area contributed by atoms with Crippen molar-refractivity contribution in [2.45, 2.75) is 31.6 Å². The van der Waals surface area contributed by atoms with Crippen molar-refractivity contribution in [2.75, 3.05) is 0 Å². The number of aromatic nitrogens is 2. The molecule has 28 heavy (non-hydrogen) atoms. The summed E-state index contributed by atoms with van der Waals surface area (Å²) < 4.78 is 1.19. The third kappa shape index (κ3) is 3.58. The van der Waals surface area contributed by atoms with Crippen LogP contribution >= 0.6 is 0 Å². The number of aryl methyl sites for hydroxylation is 1. The minimum Gasteiger partial charge on any atom is -0.267 e. The van der Waals surface area contributed by atoms with Gasteiger partial charge < -0.3 is 0 Å². The van der Waals surface area contributed by atoms with Crippen molar-refractivity contribution in [2.24, 2.45) is 12.1 Å². The minimum atomic E-state index is -0.399. The molecule has 0 atom stereocenters. The van der Waals surface area contributed by atoms with Gasteiger partial charge in [0.25, 0.3) is 11.5 Å². The van der Waals surface area contributed by atoms with E-state index < -0.39 is 5.91 Å². The van der Waals surface area contributed by atoms with Gasteiger partial charge in [-0.2, -0.15) is 10.2 Å². The number of hydrogen-bond donors (Lipinski definition) is 1. The maximum atomic E-state index is 12.7. The van der Waals surface area contributed by atoms with Gasteiger partial charge in [0.1, 0.15) is 0 Å². The van der Waals surface area contributed by atoms with Gasteiger partial charge in [-0.25, -0.2) is 10.1 Å². The number of hydrogen-bond acceptors (Lipinski definition) is 4. The number of carbonyl (C=O) groups is 1. The zero-order valence-corrected chi connectivity index (χ0v) is 15.8. The van der Waals surface area contributed by atoms with Crippen LogP contribution in [0, 0.1) is 0 Å². The fourth-order valence-electron chi connectivity index (χ4n) is 3.77. The van der Waals surface area contributed by atoms with Gasteiger partial charge in [-0.1, -0.05) is 48.5 Å². The van der Waals surface area contributed by atoms with Gasteiger partial charge in [0.05, 0.1) is 5.39 Å². The number of amides is 1. The highest BCUT2D eigenvalue weighted by Crippen LogP contribution is 2.31. The molecule has 0 aliphatic heterocycles. The second-order valence-corrected chi connectivity index (χ2v) is 7.13. The van der Waals surface area contributed by atoms with Crippen molar-refractivity contribution in [1.82, 2.24) is 15.2 Å². The van der Waals surface area contributed by atoms with Crippen LogP contribution < -0.4 is 11.0 Å². The molecule has 1 aliphatic rings. The molecule has 1 saturated carbocycles. The Kier molecular flexibility index (Phi) is 5.02. The Balaban J connectivity index is 1.48. The van der Waals surface area contributed by atoms with E-state index in [0.29, 0.717) is 16.7 Å². The molecule has 0 radical (unpaired) electrons. The number of fused-ring (bicyclic) bond motifs is 1. The van der Waals surface area contributed by atoms with E-state index in [1.165, 1.54) is 10.2 Å². The summed E-state index contributed by atoms with van der Waals surface area (Å²) in [5, 5.41) is 9.49. The summed E-state index contributed by atoms with van der Waals surface area (Å²) in [7, 11) is 1.54. The van der Waals surface area contributed by atoms with Crippen LogP contribution in [0.15, 0.2) is 64.5 Å². The van der Waals surface area contributed by atoms with E-state index >= 15 is 0 Å². The van der Waals surface area contributed by atoms with Crippen LogP contribution in [-0.4, -0.2) is 21.4 Å². The second kappa shape index (κ2) is 7.76. The van der Waals surface area contributed by atoms with Crippen LogP contribution in [-0.2, 0) is 7.05 Å². The Bertz CT molecular complexity index is 1090. The summed E-state index contributed by atoms with van der Waals surface area (Å²) in [6, 6.07) is 17.5. The number of nitrogens with zero attached hydrogens (tertiary/aromatic N) is 3. The molecule has 1 heterocycles. The summed E-state index contributed by atoms with van der Waals surface area (Å²) in [5.74, 6) is 0.148. The Morgan fingerprint density at radius 3 is 2.39 bits per heavy atom. The standard InChI is InChI=1S/C22H22N4O2/c1-26-22(28)19-10-6-5-9-18(19)20(25-26)21(27)24-23-17-13-11-16(12-14-17)15-7-3-2-4-8-15/h2-10,16H,11-14H2,1H3,(H,24,27). The molecule has 4 rings (SSSR count). The molecule has 1 N–H and O–H groups in total. The molecular weight excluding hydrogens is 352 g/mol. The van der Waals surface area contributed by atoms with Crippen molar-refractivity contribution >= 4 is 22.4 Å². The minimum absolute atomic E-state index is 0.208. The number of hydrazone groups is 1. The number of benzene rings is 2. The van der Waals surface area contributed by atoms with Crippen LogP contribution in [0.1, 0.15) is 47.7 Å². The lowest BCUT2D eigenvalue weighted by atomic mass is 9.83. The van der Waals surface area contributed by atoms with Crippen molar-refractivity contribution in [3.8, 4) is 0 Å². The zero-order valence-electron chi connectivity index (χ0n) is 15.8. The van der Waals surface area contributed by atoms with Gasteiger partial charge in [-0.3, -0.25) is 9.59 Å². The van der Waals surface area contributed by atoms with Crippen LogP contribution in [0.5, 0.6) is 0 Å². The predicted molar refractivity (Wildman–Crippen MR) is 110 cm³/mol. The van der Waals surface area contributed by atoms with Crippen molar-refractivity contribution in [1.29, 1.82) is 0 Å². The Hall–Kier alpha value is -3.28. The average Bonchev–Trinajstić information content (AvgIpc) is 2.75. The first-order valence-corrected chi connectivity index (χ1v) is 9.50. The third-order valence-electron chi connectivity index (χ3n) is 5.32. The van der Waals surface area contributed by atoms with Gasteiger partial charge in [-0.05, 0) is 43.2 Å². The molecule has 6 nitrogen and oxygen atoms in total. The lowest BCUT2D eigenvalue weighted by Gasteiger charge is -2.23. The summed E-state index contributed by atoms with van der Waals surface area (Å²) >= 11 is 0. The molecule has 1 fully saturated rings. The van der Waals surface area contributed by atoms with E-state index in [0.717, 1.165) is 31.4 Å². The van der Waals surface area contributed by atoms with E-state index in [4.69, 9.17) is 0 Å². The first-order chi connectivity index (χ1) is 13.6. The highest BCUT2D eigenvalue weighted by atomic mass is 16.2. The maximum absolute atomic E-state index is 12.7. The highest BCUT2D eigenvalue weighted by molar-refractivity contribution is 6.05. The number of nitrogens with one attached hydrogen (secondary N) is 1. The molecule has 6 heteroatoms. The molecule has 0 unspecified atom stereocenters. The molecule has 0 spiro atoms. The molecule has 0 bridgehead atoms. The van der Waals surface area contributed by atoms with Gasteiger partial charge in [0.2, 0.25) is 0 Å². The van der Waals surface area contributed by atoms with Crippen molar-refractivity contribution in [3.05, 3.63) is 76.2 Å². The zero-order chi connectivity index (χ0) is 19.5. The Morgan fingerprint density at radius 2 is 1.68 bits per heavy atom. The van der Waals surface area contributed by atoms with Gasteiger partial charge in [0.15, 0.2) is 5.69 Å². The average molecular weight is 374 g/mol. The molecule has 1 aliphatic carbocycles. The van der Waals surface area contributed by atoms with Crippen LogP contribution in [0.2, 0.25) is 0 Å². The summed E-state index contributed by atoms with van der Waals surface area (Å²) in [6.45, 7) is 0. The van der Waals surface area contributed by atoms with E-state index in [2.05, 4.69) is 39.9 Å². The highest BCUT2D eigenvalue weighted by Gasteiger charge is 2.20. The number of rotatable bonds is 3. The summed E-state index contributed by atoms with van der Waals surface area (Å²) in [4.78, 5) is 24.9. The van der Waals surface area contributed by atoms with Crippen LogP contribution in [0.25, 0.3) is 10.8 Å². The van der Waals surface area contributed by atoms with E-state index in [1.54, 1.807) is 31.3 Å². The van der Waals surface area contributed by atoms with Crippen molar-refractivity contribution < 1.29 is 4.79 Å². The maximum Gasteiger partial charge on any atom is 0.292 e. The van der Waals surface area contributed by atoms with E-state index in [1.807, 2.05) is 6.07 Å². The molecule has 0 saturated heterocycles. The lowest BCUT2D eigenvalue weighted by Crippen LogP contribution is -2.28. The molecule has 1 aromatic heterocycles. The topological polar surface area (TPSA) is 76.3 Å². The predicted octanol–water partition coefficient (Wildman–Crippen LogP) is 3.38. The molecular formula is C22H22N4O2. The summed E-state index contributed by atoms with van der Waals surface area (Å²) in [5.41, 5.74) is 4.98. The molecule has 1 amide bonds. The molecule has 142 valence electrons. The number of carbonyl (C=O) groups excluding carboxylic acids is 1. The third-order valence-corrected chi connectivity index (χ3v) is 5.32. The second-order valence-electron chi connectivity index (χ2n) is 7.13. The summed E-state index contributed by atoms with van der Waals surface area (Å²) in [6.07, 6.45) is 3.78. The van der Waals surface area contributed by atoms with Crippen molar-refractivity contribution in [3.63, 3.8) is 0 Å². The largest absolute Gasteiger partial charge is 0.292 e. The first kappa shape index (κ1) is 18.1. The Morgan fingerprint density at radius 1 is 1.04 bits per heavy atom. The Labute approximate surface area is 162 Å². The van der Waals surface area contributed by atoms with Crippen LogP contribution in [0.4, 0.5) is 0 Å². The van der Waals surface area contributed by atoms with Gasteiger partial charge >= 0.3 is 0 Å². The van der Waals surface area contributed by atoms with Gasteiger partial charge in [-0.15, -0.1) is 0 Å². The van der Waals surface area contributed by atoms with Crippen LogP contribution in [0.3, 0.4) is 0 Å². The quantitative estimate of drug-likeness (QED) is 0.714. The first-order valence-electron chi connectivity index (χ1n) is 9.50. The fourth-order valence-corrected chi connectivity index (χ4v) is 3.77. The smallest absolute Gasteiger partial charge is 0.267 e. The molecule has 2 aromatic carbocycles. The van der Waals surface area contributed by atoms with E-state index in [-0.39, 0.29) is 11.3 Å².